The first-order valence-electron chi connectivity index (χ1n) is 6.01. The van der Waals surface area contributed by atoms with Crippen LogP contribution in [0.2, 0.25) is 0 Å². The van der Waals surface area contributed by atoms with Crippen LogP contribution in [-0.2, 0) is 11.3 Å². The normalized spacial score (nSPS) is 11.0. The van der Waals surface area contributed by atoms with E-state index in [1.807, 2.05) is 13.8 Å². The van der Waals surface area contributed by atoms with Crippen LogP contribution in [-0.4, -0.2) is 20.2 Å². The van der Waals surface area contributed by atoms with Crippen molar-refractivity contribution >= 4 is 5.97 Å². The quantitative estimate of drug-likeness (QED) is 0.740. The number of hydrogen-bond donors (Lipinski definition) is 1. The molecule has 0 saturated carbocycles. The van der Waals surface area contributed by atoms with Crippen molar-refractivity contribution in [1.82, 2.24) is 9.13 Å². The van der Waals surface area contributed by atoms with Crippen LogP contribution in [0.5, 0.6) is 0 Å². The lowest BCUT2D eigenvalue weighted by atomic mass is 10.2. The Bertz CT molecular complexity index is 418. The summed E-state index contributed by atoms with van der Waals surface area (Å²) in [7, 11) is 0. The van der Waals surface area contributed by atoms with Crippen LogP contribution in [0.4, 0.5) is 0 Å². The van der Waals surface area contributed by atoms with Crippen LogP contribution in [0.1, 0.15) is 45.6 Å². The van der Waals surface area contributed by atoms with Crippen molar-refractivity contribution in [2.75, 3.05) is 0 Å². The first-order chi connectivity index (χ1) is 8.02. The highest BCUT2D eigenvalue weighted by Crippen LogP contribution is 2.03. The average Bonchev–Trinajstić information content (AvgIpc) is 2.59. The Labute approximate surface area is 101 Å². The molecule has 0 spiro atoms. The molecule has 1 aromatic heterocycles. The van der Waals surface area contributed by atoms with E-state index in [9.17, 15) is 9.59 Å². The van der Waals surface area contributed by atoms with Crippen molar-refractivity contribution in [3.8, 4) is 0 Å². The molecule has 0 aromatic carbocycles. The lowest BCUT2D eigenvalue weighted by Gasteiger charge is -2.04. The van der Waals surface area contributed by atoms with Crippen LogP contribution < -0.4 is 5.69 Å². The van der Waals surface area contributed by atoms with Crippen LogP contribution in [0.25, 0.3) is 0 Å². The predicted octanol–water partition coefficient (Wildman–Crippen LogP) is 1.88. The Morgan fingerprint density at radius 3 is 2.53 bits per heavy atom. The van der Waals surface area contributed by atoms with E-state index in [0.717, 1.165) is 12.8 Å². The lowest BCUT2D eigenvalue weighted by Crippen LogP contribution is -2.25. The Kier molecular flexibility index (Phi) is 5.00. The van der Waals surface area contributed by atoms with E-state index in [1.54, 1.807) is 21.5 Å². The van der Waals surface area contributed by atoms with Crippen molar-refractivity contribution in [2.24, 2.45) is 0 Å². The molecule has 0 saturated heterocycles. The maximum Gasteiger partial charge on any atom is 0.328 e. The van der Waals surface area contributed by atoms with Crippen LogP contribution in [0.15, 0.2) is 17.2 Å². The van der Waals surface area contributed by atoms with Gasteiger partial charge in [-0.3, -0.25) is 13.9 Å². The van der Waals surface area contributed by atoms with Gasteiger partial charge in [-0.1, -0.05) is 6.42 Å². The molecule has 0 aliphatic rings. The molecule has 0 aliphatic carbocycles. The van der Waals surface area contributed by atoms with E-state index < -0.39 is 5.97 Å². The standard InChI is InChI=1S/C12H20N2O3/c1-10(2)14-9-8-13(12(14)17)7-5-3-4-6-11(15)16/h8-10H,3-7H2,1-2H3,(H,15,16). The SMILES string of the molecule is CC(C)n1ccn(CCCCCC(=O)O)c1=O. The molecule has 0 unspecified atom stereocenters. The second-order valence-electron chi connectivity index (χ2n) is 4.48. The minimum atomic E-state index is -0.756. The molecule has 17 heavy (non-hydrogen) atoms. The highest BCUT2D eigenvalue weighted by atomic mass is 16.4. The maximum atomic E-state index is 11.8. The molecule has 96 valence electrons. The van der Waals surface area contributed by atoms with Crippen molar-refractivity contribution in [1.29, 1.82) is 0 Å². The molecule has 1 aromatic rings. The lowest BCUT2D eigenvalue weighted by molar-refractivity contribution is -0.137. The molecule has 0 bridgehead atoms. The number of aliphatic carboxylic acids is 1. The molecule has 0 aliphatic heterocycles. The van der Waals surface area contributed by atoms with Crippen LogP contribution in [0.3, 0.4) is 0 Å². The fraction of sp³-hybridized carbons (Fsp3) is 0.667. The summed E-state index contributed by atoms with van der Waals surface area (Å²) in [5.74, 6) is -0.756. The second kappa shape index (κ2) is 6.27. The number of hydrogen-bond acceptors (Lipinski definition) is 2. The van der Waals surface area contributed by atoms with Gasteiger partial charge in [0.05, 0.1) is 0 Å². The number of imidazole rings is 1. The molecular formula is C12H20N2O3. The summed E-state index contributed by atoms with van der Waals surface area (Å²) in [4.78, 5) is 22.1. The van der Waals surface area contributed by atoms with Gasteiger partial charge in [-0.15, -0.1) is 0 Å². The number of unbranched alkanes of at least 4 members (excludes halogenated alkanes) is 2. The summed E-state index contributed by atoms with van der Waals surface area (Å²) in [6.07, 6.45) is 6.15. The minimum Gasteiger partial charge on any atom is -0.481 e. The van der Waals surface area contributed by atoms with Gasteiger partial charge in [0.1, 0.15) is 0 Å². The van der Waals surface area contributed by atoms with Crippen molar-refractivity contribution in [3.63, 3.8) is 0 Å². The number of carbonyl (C=O) groups is 1. The Hall–Kier alpha value is -1.52. The van der Waals surface area contributed by atoms with Gasteiger partial charge < -0.3 is 5.11 Å². The summed E-state index contributed by atoms with van der Waals surface area (Å²) in [6.45, 7) is 4.61. The number of carboxylic acid groups (broad SMARTS) is 1. The van der Waals surface area contributed by atoms with E-state index in [4.69, 9.17) is 5.11 Å². The Morgan fingerprint density at radius 2 is 2.00 bits per heavy atom. The molecule has 0 radical (unpaired) electrons. The number of aromatic nitrogens is 2. The van der Waals surface area contributed by atoms with Gasteiger partial charge in [0.25, 0.3) is 0 Å². The first kappa shape index (κ1) is 13.5. The second-order valence-corrected chi connectivity index (χ2v) is 4.48. The molecular weight excluding hydrogens is 220 g/mol. The number of carboxylic acids is 1. The fourth-order valence-corrected chi connectivity index (χ4v) is 1.73. The third-order valence-corrected chi connectivity index (χ3v) is 2.72. The topological polar surface area (TPSA) is 64.2 Å². The Morgan fingerprint density at radius 1 is 1.29 bits per heavy atom. The fourth-order valence-electron chi connectivity index (χ4n) is 1.73. The van der Waals surface area contributed by atoms with Gasteiger partial charge in [-0.05, 0) is 26.7 Å². The molecule has 5 heteroatoms. The van der Waals surface area contributed by atoms with E-state index in [-0.39, 0.29) is 18.2 Å². The molecule has 0 atom stereocenters. The van der Waals surface area contributed by atoms with Crippen LogP contribution >= 0.6 is 0 Å². The molecule has 1 rings (SSSR count). The van der Waals surface area contributed by atoms with E-state index in [2.05, 4.69) is 0 Å². The summed E-state index contributed by atoms with van der Waals surface area (Å²) in [5, 5.41) is 8.48. The van der Waals surface area contributed by atoms with E-state index >= 15 is 0 Å². The van der Waals surface area contributed by atoms with Gasteiger partial charge >= 0.3 is 11.7 Å². The first-order valence-corrected chi connectivity index (χ1v) is 6.01. The van der Waals surface area contributed by atoms with Gasteiger partial charge in [0.15, 0.2) is 0 Å². The third-order valence-electron chi connectivity index (χ3n) is 2.72. The highest BCUT2D eigenvalue weighted by Gasteiger charge is 2.05. The predicted molar refractivity (Wildman–Crippen MR) is 65.2 cm³/mol. The summed E-state index contributed by atoms with van der Waals surface area (Å²) < 4.78 is 3.37. The van der Waals surface area contributed by atoms with E-state index in [1.165, 1.54) is 0 Å². The minimum absolute atomic E-state index is 0.0123. The van der Waals surface area contributed by atoms with Crippen molar-refractivity contribution < 1.29 is 9.90 Å². The zero-order chi connectivity index (χ0) is 12.8. The van der Waals surface area contributed by atoms with Gasteiger partial charge in [-0.25, -0.2) is 4.79 Å². The molecule has 0 fully saturated rings. The molecule has 1 N–H and O–H groups in total. The Balaban J connectivity index is 2.37. The molecule has 1 heterocycles. The van der Waals surface area contributed by atoms with Gasteiger partial charge in [0, 0.05) is 31.4 Å². The van der Waals surface area contributed by atoms with Gasteiger partial charge in [0.2, 0.25) is 0 Å². The van der Waals surface area contributed by atoms with Crippen molar-refractivity contribution in [3.05, 3.63) is 22.9 Å². The average molecular weight is 240 g/mol. The number of rotatable bonds is 7. The highest BCUT2D eigenvalue weighted by molar-refractivity contribution is 5.66. The van der Waals surface area contributed by atoms with E-state index in [0.29, 0.717) is 13.0 Å². The summed E-state index contributed by atoms with van der Waals surface area (Å²) in [6, 6.07) is 0.177. The van der Waals surface area contributed by atoms with Gasteiger partial charge in [-0.2, -0.15) is 0 Å². The van der Waals surface area contributed by atoms with Crippen molar-refractivity contribution in [2.45, 2.75) is 52.1 Å². The monoisotopic (exact) mass is 240 g/mol. The zero-order valence-electron chi connectivity index (χ0n) is 10.4. The number of aryl methyl sites for hydroxylation is 1. The molecule has 0 amide bonds. The van der Waals surface area contributed by atoms with Crippen LogP contribution in [0, 0.1) is 0 Å². The zero-order valence-corrected chi connectivity index (χ0v) is 10.4. The largest absolute Gasteiger partial charge is 0.481 e. The smallest absolute Gasteiger partial charge is 0.328 e. The number of nitrogens with zero attached hydrogens (tertiary/aromatic N) is 2. The maximum absolute atomic E-state index is 11.8. The third kappa shape index (κ3) is 4.09. The summed E-state index contributed by atoms with van der Waals surface area (Å²) in [5.41, 5.74) is 0.0123. The summed E-state index contributed by atoms with van der Waals surface area (Å²) >= 11 is 0. The molecule has 5 nitrogen and oxygen atoms in total.